The zero-order valence-corrected chi connectivity index (χ0v) is 11.3. The van der Waals surface area contributed by atoms with E-state index >= 15 is 0 Å². The molecule has 3 aromatic rings. The summed E-state index contributed by atoms with van der Waals surface area (Å²) < 4.78 is 1.83. The fraction of sp³-hybridized carbons (Fsp3) is 0.125. The third-order valence-corrected chi connectivity index (χ3v) is 3.20. The van der Waals surface area contributed by atoms with Crippen LogP contribution in [0.15, 0.2) is 61.1 Å². The number of nitrogens with two attached hydrogens (primary N) is 1. The van der Waals surface area contributed by atoms with Crippen molar-refractivity contribution in [2.75, 3.05) is 0 Å². The first-order chi connectivity index (χ1) is 9.74. The molecule has 2 aromatic heterocycles. The zero-order valence-electron chi connectivity index (χ0n) is 11.3. The Morgan fingerprint density at radius 3 is 2.65 bits per heavy atom. The van der Waals surface area contributed by atoms with Crippen molar-refractivity contribution in [2.24, 2.45) is 5.73 Å². The van der Waals surface area contributed by atoms with E-state index in [0.29, 0.717) is 0 Å². The molecule has 0 aliphatic carbocycles. The van der Waals surface area contributed by atoms with Gasteiger partial charge in [-0.1, -0.05) is 24.3 Å². The molecule has 100 valence electrons. The number of pyridine rings is 1. The average Bonchev–Trinajstić information content (AvgIpc) is 2.97. The summed E-state index contributed by atoms with van der Waals surface area (Å²) in [6.45, 7) is 2.01. The van der Waals surface area contributed by atoms with Gasteiger partial charge >= 0.3 is 0 Å². The molecule has 3 rings (SSSR count). The fourth-order valence-electron chi connectivity index (χ4n) is 2.15. The molecule has 1 unspecified atom stereocenters. The van der Waals surface area contributed by atoms with Crippen LogP contribution >= 0.6 is 0 Å². The Morgan fingerprint density at radius 2 is 1.90 bits per heavy atom. The van der Waals surface area contributed by atoms with E-state index in [9.17, 15) is 0 Å². The number of nitrogens with zero attached hydrogens (tertiary/aromatic N) is 3. The molecule has 4 heteroatoms. The number of para-hydroxylation sites is 1. The lowest BCUT2D eigenvalue weighted by atomic mass is 10.1. The highest BCUT2D eigenvalue weighted by Gasteiger charge is 2.13. The summed E-state index contributed by atoms with van der Waals surface area (Å²) in [6.07, 6.45) is 5.53. The van der Waals surface area contributed by atoms with Crippen LogP contribution in [0.1, 0.15) is 22.9 Å². The van der Waals surface area contributed by atoms with Gasteiger partial charge in [-0.25, -0.2) is 4.68 Å². The molecule has 0 saturated heterocycles. The molecule has 0 fully saturated rings. The maximum Gasteiger partial charge on any atom is 0.0842 e. The van der Waals surface area contributed by atoms with E-state index in [-0.39, 0.29) is 6.04 Å². The molecule has 20 heavy (non-hydrogen) atoms. The summed E-state index contributed by atoms with van der Waals surface area (Å²) >= 11 is 0. The number of hydrogen-bond acceptors (Lipinski definition) is 3. The highest BCUT2D eigenvalue weighted by atomic mass is 15.3. The zero-order chi connectivity index (χ0) is 13.9. The molecule has 1 atom stereocenters. The second kappa shape index (κ2) is 5.27. The van der Waals surface area contributed by atoms with Gasteiger partial charge in [-0.3, -0.25) is 4.98 Å². The first-order valence-corrected chi connectivity index (χ1v) is 6.52. The molecule has 0 bridgehead atoms. The Morgan fingerprint density at radius 1 is 1.10 bits per heavy atom. The van der Waals surface area contributed by atoms with E-state index in [1.165, 1.54) is 0 Å². The van der Waals surface area contributed by atoms with Crippen LogP contribution in [0.3, 0.4) is 0 Å². The third-order valence-electron chi connectivity index (χ3n) is 3.20. The summed E-state index contributed by atoms with van der Waals surface area (Å²) in [7, 11) is 0. The summed E-state index contributed by atoms with van der Waals surface area (Å²) in [4.78, 5) is 4.18. The van der Waals surface area contributed by atoms with Gasteiger partial charge in [0.1, 0.15) is 0 Å². The van der Waals surface area contributed by atoms with E-state index in [4.69, 9.17) is 5.73 Å². The molecule has 0 radical (unpaired) electrons. The average molecular weight is 264 g/mol. The molecule has 0 aliphatic rings. The van der Waals surface area contributed by atoms with Gasteiger partial charge in [0.2, 0.25) is 0 Å². The predicted molar refractivity (Wildman–Crippen MR) is 78.6 cm³/mol. The molecule has 1 aromatic carbocycles. The molecule has 4 nitrogen and oxygen atoms in total. The molecule has 2 N–H and O–H groups in total. The molecule has 2 heterocycles. The van der Waals surface area contributed by atoms with Crippen LogP contribution in [0.4, 0.5) is 0 Å². The number of rotatable bonds is 3. The first kappa shape index (κ1) is 12.6. The van der Waals surface area contributed by atoms with Gasteiger partial charge in [-0.2, -0.15) is 5.10 Å². The lowest BCUT2D eigenvalue weighted by molar-refractivity contribution is 0.769. The van der Waals surface area contributed by atoms with E-state index in [1.54, 1.807) is 6.20 Å². The van der Waals surface area contributed by atoms with Crippen LogP contribution < -0.4 is 5.73 Å². The molecule has 0 aliphatic heterocycles. The Kier molecular flexibility index (Phi) is 3.31. The molecule has 0 amide bonds. The Bertz CT molecular complexity index is 703. The van der Waals surface area contributed by atoms with Crippen LogP contribution in [0.25, 0.3) is 5.69 Å². The third kappa shape index (κ3) is 2.46. The van der Waals surface area contributed by atoms with Crippen molar-refractivity contribution < 1.29 is 0 Å². The van der Waals surface area contributed by atoms with Gasteiger partial charge < -0.3 is 5.73 Å². The maximum absolute atomic E-state index is 6.26. The second-order valence-corrected chi connectivity index (χ2v) is 4.79. The number of aromatic nitrogens is 3. The van der Waals surface area contributed by atoms with Crippen molar-refractivity contribution in [2.45, 2.75) is 13.0 Å². The van der Waals surface area contributed by atoms with Crippen LogP contribution in [0.5, 0.6) is 0 Å². The summed E-state index contributed by atoms with van der Waals surface area (Å²) in [5, 5.41) is 4.55. The normalized spacial score (nSPS) is 12.3. The van der Waals surface area contributed by atoms with Gasteiger partial charge in [0, 0.05) is 18.6 Å². The fourth-order valence-corrected chi connectivity index (χ4v) is 2.15. The summed E-state index contributed by atoms with van der Waals surface area (Å²) in [6, 6.07) is 13.7. The van der Waals surface area contributed by atoms with Crippen molar-refractivity contribution in [3.05, 3.63) is 77.9 Å². The maximum atomic E-state index is 6.26. The Labute approximate surface area is 117 Å². The molecular formula is C16H16N4. The first-order valence-electron chi connectivity index (χ1n) is 6.52. The van der Waals surface area contributed by atoms with Gasteiger partial charge in [0.05, 0.1) is 17.4 Å². The van der Waals surface area contributed by atoms with Crippen molar-refractivity contribution >= 4 is 0 Å². The standard InChI is InChI=1S/C16H16N4/c1-12-9-13(11-18-10-12)16(17)15-7-8-20(19-15)14-5-3-2-4-6-14/h2-11,16H,17H2,1H3. The minimum absolute atomic E-state index is 0.257. The van der Waals surface area contributed by atoms with Gasteiger partial charge in [0.25, 0.3) is 0 Å². The second-order valence-electron chi connectivity index (χ2n) is 4.79. The van der Waals surface area contributed by atoms with Crippen LogP contribution in [0, 0.1) is 6.92 Å². The summed E-state index contributed by atoms with van der Waals surface area (Å²) in [5.41, 5.74) is 10.2. The SMILES string of the molecule is Cc1cncc(C(N)c2ccn(-c3ccccc3)n2)c1. The number of hydrogen-bond donors (Lipinski definition) is 1. The lowest BCUT2D eigenvalue weighted by Crippen LogP contribution is -2.13. The van der Waals surface area contributed by atoms with Crippen LogP contribution in [-0.2, 0) is 0 Å². The summed E-state index contributed by atoms with van der Waals surface area (Å²) in [5.74, 6) is 0. The van der Waals surface area contributed by atoms with Gasteiger partial charge in [-0.15, -0.1) is 0 Å². The topological polar surface area (TPSA) is 56.7 Å². The van der Waals surface area contributed by atoms with Gasteiger partial charge in [-0.05, 0) is 36.2 Å². The smallest absolute Gasteiger partial charge is 0.0842 e. The van der Waals surface area contributed by atoms with Gasteiger partial charge in [0.15, 0.2) is 0 Å². The minimum atomic E-state index is -0.257. The van der Waals surface area contributed by atoms with Crippen molar-refractivity contribution in [3.8, 4) is 5.69 Å². The van der Waals surface area contributed by atoms with E-state index in [1.807, 2.05) is 66.5 Å². The monoisotopic (exact) mass is 264 g/mol. The Balaban J connectivity index is 1.90. The number of aryl methyl sites for hydroxylation is 1. The highest BCUT2D eigenvalue weighted by molar-refractivity contribution is 5.32. The van der Waals surface area contributed by atoms with E-state index in [2.05, 4.69) is 10.1 Å². The van der Waals surface area contributed by atoms with Crippen molar-refractivity contribution in [1.82, 2.24) is 14.8 Å². The number of benzene rings is 1. The Hall–Kier alpha value is -2.46. The van der Waals surface area contributed by atoms with Crippen molar-refractivity contribution in [3.63, 3.8) is 0 Å². The minimum Gasteiger partial charge on any atom is -0.319 e. The molecule has 0 spiro atoms. The molecule has 0 saturated carbocycles. The van der Waals surface area contributed by atoms with Crippen LogP contribution in [-0.4, -0.2) is 14.8 Å². The largest absolute Gasteiger partial charge is 0.319 e. The highest BCUT2D eigenvalue weighted by Crippen LogP contribution is 2.19. The molecular weight excluding hydrogens is 248 g/mol. The van der Waals surface area contributed by atoms with Crippen molar-refractivity contribution in [1.29, 1.82) is 0 Å². The quantitative estimate of drug-likeness (QED) is 0.791. The lowest BCUT2D eigenvalue weighted by Gasteiger charge is -2.09. The predicted octanol–water partition coefficient (Wildman–Crippen LogP) is 2.62. The van der Waals surface area contributed by atoms with E-state index in [0.717, 1.165) is 22.5 Å². The van der Waals surface area contributed by atoms with Crippen LogP contribution in [0.2, 0.25) is 0 Å². The van der Waals surface area contributed by atoms with E-state index < -0.39 is 0 Å².